The van der Waals surface area contributed by atoms with E-state index in [0.29, 0.717) is 0 Å². The third-order valence-corrected chi connectivity index (χ3v) is 2.60. The summed E-state index contributed by atoms with van der Waals surface area (Å²) in [5.74, 6) is -4.36. The van der Waals surface area contributed by atoms with Gasteiger partial charge < -0.3 is 29.5 Å². The number of carbonyl (C=O) groups is 1. The lowest BCUT2D eigenvalue weighted by atomic mass is 10.0. The average Bonchev–Trinajstić information content (AvgIpc) is 2.55. The summed E-state index contributed by atoms with van der Waals surface area (Å²) in [6, 6.07) is 0. The summed E-state index contributed by atoms with van der Waals surface area (Å²) in [6.07, 6.45) is -3.60. The normalized spacial score (nSPS) is 42.9. The molecule has 2 aliphatic rings. The fraction of sp³-hybridized carbons (Fsp3) is 0.889. The van der Waals surface area contributed by atoms with Crippen molar-refractivity contribution in [2.75, 3.05) is 6.61 Å². The number of aliphatic hydroxyl groups is 3. The van der Waals surface area contributed by atoms with Gasteiger partial charge in [0.15, 0.2) is 18.0 Å². The molecule has 2 heterocycles. The number of hydrogen-bond acceptors (Lipinski definition) is 7. The highest BCUT2D eigenvalue weighted by atomic mass is 16.8. The Morgan fingerprint density at radius 1 is 1.50 bits per heavy atom. The van der Waals surface area contributed by atoms with Crippen molar-refractivity contribution in [2.24, 2.45) is 0 Å². The second-order valence-electron chi connectivity index (χ2n) is 4.36. The van der Waals surface area contributed by atoms with Gasteiger partial charge in [-0.05, 0) is 13.8 Å². The molecule has 16 heavy (non-hydrogen) atoms. The first kappa shape index (κ1) is 11.7. The van der Waals surface area contributed by atoms with Crippen molar-refractivity contribution in [3.63, 3.8) is 0 Å². The molecule has 0 amide bonds. The van der Waals surface area contributed by atoms with Crippen LogP contribution in [-0.2, 0) is 19.0 Å². The molecule has 0 aromatic carbocycles. The van der Waals surface area contributed by atoms with Gasteiger partial charge in [0, 0.05) is 0 Å². The minimum absolute atomic E-state index is 0.603. The molecule has 2 saturated heterocycles. The van der Waals surface area contributed by atoms with Crippen molar-refractivity contribution in [1.82, 2.24) is 0 Å². The summed E-state index contributed by atoms with van der Waals surface area (Å²) >= 11 is 0. The minimum atomic E-state index is -2.20. The summed E-state index contributed by atoms with van der Waals surface area (Å²) < 4.78 is 15.1. The molecule has 92 valence electrons. The van der Waals surface area contributed by atoms with Crippen LogP contribution in [0, 0.1) is 0 Å². The maximum atomic E-state index is 11.4. The van der Waals surface area contributed by atoms with E-state index >= 15 is 0 Å². The quantitative estimate of drug-likeness (QED) is 0.479. The number of hydrogen-bond donors (Lipinski definition) is 3. The molecule has 0 spiro atoms. The van der Waals surface area contributed by atoms with Crippen LogP contribution in [0.3, 0.4) is 0 Å². The predicted molar refractivity (Wildman–Crippen MR) is 48.0 cm³/mol. The van der Waals surface area contributed by atoms with Crippen LogP contribution in [0.15, 0.2) is 0 Å². The number of fused-ring (bicyclic) bond motifs is 1. The zero-order valence-corrected chi connectivity index (χ0v) is 8.91. The summed E-state index contributed by atoms with van der Waals surface area (Å²) in [7, 11) is 0. The molecule has 0 unspecified atom stereocenters. The van der Waals surface area contributed by atoms with Crippen molar-refractivity contribution in [3.8, 4) is 0 Å². The molecule has 0 saturated carbocycles. The first-order valence-corrected chi connectivity index (χ1v) is 4.90. The van der Waals surface area contributed by atoms with E-state index in [2.05, 4.69) is 0 Å². The number of carbonyl (C=O) groups excluding carboxylic acids is 1. The molecule has 0 aromatic rings. The van der Waals surface area contributed by atoms with Gasteiger partial charge in [-0.1, -0.05) is 0 Å². The minimum Gasteiger partial charge on any atom is -0.452 e. The molecule has 3 N–H and O–H groups in total. The highest BCUT2D eigenvalue weighted by molar-refractivity contribution is 5.81. The second-order valence-corrected chi connectivity index (χ2v) is 4.36. The van der Waals surface area contributed by atoms with Gasteiger partial charge in [-0.15, -0.1) is 0 Å². The second kappa shape index (κ2) is 3.38. The van der Waals surface area contributed by atoms with Crippen LogP contribution in [0.4, 0.5) is 0 Å². The molecule has 0 radical (unpaired) electrons. The van der Waals surface area contributed by atoms with Gasteiger partial charge in [0.1, 0.15) is 6.10 Å². The molecule has 4 atom stereocenters. The van der Waals surface area contributed by atoms with Gasteiger partial charge in [-0.2, -0.15) is 0 Å². The van der Waals surface area contributed by atoms with Crippen LogP contribution in [0.2, 0.25) is 0 Å². The van der Waals surface area contributed by atoms with E-state index in [-0.39, 0.29) is 0 Å². The highest BCUT2D eigenvalue weighted by Crippen LogP contribution is 2.43. The molecule has 7 heteroatoms. The zero-order chi connectivity index (χ0) is 12.1. The third-order valence-electron chi connectivity index (χ3n) is 2.60. The Balaban J connectivity index is 2.27. The summed E-state index contributed by atoms with van der Waals surface area (Å²) in [6.45, 7) is 2.45. The molecule has 7 nitrogen and oxygen atoms in total. The van der Waals surface area contributed by atoms with Crippen LogP contribution >= 0.6 is 0 Å². The Hall–Kier alpha value is -0.730. The van der Waals surface area contributed by atoms with Crippen LogP contribution < -0.4 is 0 Å². The first-order chi connectivity index (χ1) is 7.30. The maximum Gasteiger partial charge on any atom is 0.370 e. The number of aliphatic hydroxyl groups excluding tert-OH is 2. The van der Waals surface area contributed by atoms with Crippen LogP contribution in [0.1, 0.15) is 13.8 Å². The summed E-state index contributed by atoms with van der Waals surface area (Å²) in [5, 5.41) is 28.2. The number of rotatable bonds is 2. The third kappa shape index (κ3) is 1.52. The Kier molecular flexibility index (Phi) is 2.48. The van der Waals surface area contributed by atoms with Gasteiger partial charge >= 0.3 is 5.97 Å². The van der Waals surface area contributed by atoms with E-state index in [1.165, 1.54) is 13.8 Å². The van der Waals surface area contributed by atoms with Crippen LogP contribution in [0.25, 0.3) is 0 Å². The molecule has 0 bridgehead atoms. The van der Waals surface area contributed by atoms with E-state index in [9.17, 15) is 15.0 Å². The van der Waals surface area contributed by atoms with E-state index < -0.39 is 42.5 Å². The Bertz CT molecular complexity index is 315. The molecular weight excluding hydrogens is 220 g/mol. The number of esters is 1. The van der Waals surface area contributed by atoms with Gasteiger partial charge in [0.2, 0.25) is 0 Å². The van der Waals surface area contributed by atoms with Crippen LogP contribution in [-0.4, -0.2) is 57.8 Å². The molecule has 0 aromatic heterocycles. The van der Waals surface area contributed by atoms with Crippen LogP contribution in [0.5, 0.6) is 0 Å². The van der Waals surface area contributed by atoms with Gasteiger partial charge in [0.05, 0.1) is 6.61 Å². The standard InChI is InChI=1S/C9H14O7/c1-8(2)15-6-5(4(11)3-10)14-7(12)9(6,13)16-8/h4-6,10-11,13H,3H2,1-2H3/t4-,5-,6+,9+/m1/s1. The molecular formula is C9H14O7. The predicted octanol–water partition coefficient (Wildman–Crippen LogP) is -1.89. The van der Waals surface area contributed by atoms with Gasteiger partial charge in [-0.25, -0.2) is 4.79 Å². The zero-order valence-electron chi connectivity index (χ0n) is 8.91. The fourth-order valence-electron chi connectivity index (χ4n) is 1.94. The summed E-state index contributed by atoms with van der Waals surface area (Å²) in [4.78, 5) is 11.4. The lowest BCUT2D eigenvalue weighted by molar-refractivity contribution is -0.238. The van der Waals surface area contributed by atoms with Crippen molar-refractivity contribution in [2.45, 2.75) is 43.7 Å². The molecule has 0 aliphatic carbocycles. The smallest absolute Gasteiger partial charge is 0.370 e. The molecule has 2 fully saturated rings. The molecule has 2 aliphatic heterocycles. The van der Waals surface area contributed by atoms with Crippen molar-refractivity contribution < 1.29 is 34.3 Å². The highest BCUT2D eigenvalue weighted by Gasteiger charge is 2.68. The fourth-order valence-corrected chi connectivity index (χ4v) is 1.94. The van der Waals surface area contributed by atoms with E-state index in [0.717, 1.165) is 0 Å². The van der Waals surface area contributed by atoms with Crippen molar-refractivity contribution in [1.29, 1.82) is 0 Å². The lowest BCUT2D eigenvalue weighted by Crippen LogP contribution is -2.46. The Labute approximate surface area is 91.5 Å². The van der Waals surface area contributed by atoms with E-state index in [4.69, 9.17) is 19.3 Å². The monoisotopic (exact) mass is 234 g/mol. The Morgan fingerprint density at radius 3 is 2.69 bits per heavy atom. The average molecular weight is 234 g/mol. The van der Waals surface area contributed by atoms with E-state index in [1.54, 1.807) is 0 Å². The topological polar surface area (TPSA) is 105 Å². The summed E-state index contributed by atoms with van der Waals surface area (Å²) in [5.41, 5.74) is 0. The maximum absolute atomic E-state index is 11.4. The van der Waals surface area contributed by atoms with E-state index in [1.807, 2.05) is 0 Å². The van der Waals surface area contributed by atoms with Gasteiger partial charge in [0.25, 0.3) is 5.79 Å². The van der Waals surface area contributed by atoms with Gasteiger partial charge in [-0.3, -0.25) is 0 Å². The lowest BCUT2D eigenvalue weighted by Gasteiger charge is -2.22. The number of cyclic esters (lactones) is 1. The molecule has 2 rings (SSSR count). The SMILES string of the molecule is CC1(C)O[C@H]2[C@@H]([C@H](O)CO)OC(=O)[C@@]2(O)O1. The Morgan fingerprint density at radius 2 is 2.12 bits per heavy atom. The largest absolute Gasteiger partial charge is 0.452 e. The first-order valence-electron chi connectivity index (χ1n) is 4.90. The number of ether oxygens (including phenoxy) is 3. The van der Waals surface area contributed by atoms with Crippen molar-refractivity contribution in [3.05, 3.63) is 0 Å². The van der Waals surface area contributed by atoms with Crippen molar-refractivity contribution >= 4 is 5.97 Å².